The summed E-state index contributed by atoms with van der Waals surface area (Å²) in [6.45, 7) is 6.97. The number of hydrogen-bond acceptors (Lipinski definition) is 3. The third-order valence-electron chi connectivity index (χ3n) is 3.32. The molecule has 106 valence electrons. The van der Waals surface area contributed by atoms with E-state index >= 15 is 0 Å². The van der Waals surface area contributed by atoms with Crippen molar-refractivity contribution >= 4 is 5.78 Å². The molecule has 0 spiro atoms. The summed E-state index contributed by atoms with van der Waals surface area (Å²) < 4.78 is 5.53. The molecule has 3 heteroatoms. The summed E-state index contributed by atoms with van der Waals surface area (Å²) in [6, 6.07) is 9.83. The highest BCUT2D eigenvalue weighted by atomic mass is 16.3. The number of nitrogens with zero attached hydrogens (tertiary/aromatic N) is 1. The van der Waals surface area contributed by atoms with Crippen LogP contribution in [-0.4, -0.2) is 24.3 Å². The second-order valence-corrected chi connectivity index (χ2v) is 5.43. The number of aryl methyl sites for hydroxylation is 3. The molecule has 0 amide bonds. The molecule has 0 unspecified atom stereocenters. The highest BCUT2D eigenvalue weighted by Gasteiger charge is 2.13. The van der Waals surface area contributed by atoms with Crippen molar-refractivity contribution in [2.24, 2.45) is 0 Å². The highest BCUT2D eigenvalue weighted by Crippen LogP contribution is 2.13. The maximum absolute atomic E-state index is 12.3. The minimum atomic E-state index is 0.147. The van der Waals surface area contributed by atoms with Gasteiger partial charge in [0.05, 0.1) is 13.1 Å². The van der Waals surface area contributed by atoms with Crippen LogP contribution in [0, 0.1) is 20.8 Å². The lowest BCUT2D eigenvalue weighted by molar-refractivity contribution is 0.0939. The molecule has 0 fully saturated rings. The van der Waals surface area contributed by atoms with E-state index in [1.165, 1.54) is 5.56 Å². The summed E-state index contributed by atoms with van der Waals surface area (Å²) in [4.78, 5) is 14.3. The summed E-state index contributed by atoms with van der Waals surface area (Å²) in [6.07, 6.45) is 0. The van der Waals surface area contributed by atoms with E-state index < -0.39 is 0 Å². The van der Waals surface area contributed by atoms with Gasteiger partial charge >= 0.3 is 0 Å². The van der Waals surface area contributed by atoms with Crippen molar-refractivity contribution in [3.05, 3.63) is 58.5 Å². The van der Waals surface area contributed by atoms with Crippen LogP contribution in [-0.2, 0) is 6.54 Å². The number of likely N-dealkylation sites (N-methyl/N-ethyl adjacent to an activating group) is 1. The van der Waals surface area contributed by atoms with Crippen LogP contribution < -0.4 is 0 Å². The fraction of sp³-hybridized carbons (Fsp3) is 0.353. The van der Waals surface area contributed by atoms with Crippen molar-refractivity contribution in [2.45, 2.75) is 27.3 Å². The van der Waals surface area contributed by atoms with Crippen LogP contribution in [0.2, 0.25) is 0 Å². The Kier molecular flexibility index (Phi) is 4.40. The van der Waals surface area contributed by atoms with E-state index in [9.17, 15) is 4.79 Å². The Morgan fingerprint density at radius 2 is 1.90 bits per heavy atom. The molecule has 3 nitrogen and oxygen atoms in total. The quantitative estimate of drug-likeness (QED) is 0.780. The lowest BCUT2D eigenvalue weighted by Gasteiger charge is -2.15. The largest absolute Gasteiger partial charge is 0.465 e. The molecule has 0 atom stereocenters. The zero-order chi connectivity index (χ0) is 14.7. The van der Waals surface area contributed by atoms with Gasteiger partial charge in [-0.05, 0) is 45.5 Å². The number of ketones is 1. The molecule has 0 saturated heterocycles. The number of benzene rings is 1. The molecular weight excluding hydrogens is 250 g/mol. The van der Waals surface area contributed by atoms with Crippen molar-refractivity contribution in [3.8, 4) is 0 Å². The van der Waals surface area contributed by atoms with E-state index in [0.717, 1.165) is 22.6 Å². The van der Waals surface area contributed by atoms with Crippen molar-refractivity contribution in [1.82, 2.24) is 4.90 Å². The van der Waals surface area contributed by atoms with Gasteiger partial charge in [0.25, 0.3) is 0 Å². The summed E-state index contributed by atoms with van der Waals surface area (Å²) in [5, 5.41) is 0. The Morgan fingerprint density at radius 1 is 1.15 bits per heavy atom. The number of furan rings is 1. The first-order valence-electron chi connectivity index (χ1n) is 6.80. The fourth-order valence-corrected chi connectivity index (χ4v) is 2.35. The second kappa shape index (κ2) is 6.06. The number of carbonyl (C=O) groups excluding carboxylic acids is 1. The Bertz CT molecular complexity index is 613. The molecule has 0 N–H and O–H groups in total. The molecule has 0 bridgehead atoms. The zero-order valence-corrected chi connectivity index (χ0v) is 12.6. The van der Waals surface area contributed by atoms with Crippen molar-refractivity contribution in [2.75, 3.05) is 13.6 Å². The van der Waals surface area contributed by atoms with Crippen LogP contribution in [0.5, 0.6) is 0 Å². The van der Waals surface area contributed by atoms with E-state index in [-0.39, 0.29) is 5.78 Å². The van der Waals surface area contributed by atoms with Crippen LogP contribution in [0.1, 0.15) is 33.0 Å². The first-order chi connectivity index (χ1) is 9.45. The molecule has 0 aliphatic heterocycles. The van der Waals surface area contributed by atoms with Crippen LogP contribution in [0.25, 0.3) is 0 Å². The van der Waals surface area contributed by atoms with Gasteiger partial charge in [-0.25, -0.2) is 0 Å². The van der Waals surface area contributed by atoms with E-state index in [1.54, 1.807) is 0 Å². The summed E-state index contributed by atoms with van der Waals surface area (Å²) >= 11 is 0. The van der Waals surface area contributed by atoms with E-state index in [2.05, 4.69) is 0 Å². The Labute approximate surface area is 120 Å². The third-order valence-corrected chi connectivity index (χ3v) is 3.32. The van der Waals surface area contributed by atoms with Crippen LogP contribution in [0.15, 0.2) is 34.7 Å². The molecule has 2 aromatic rings. The second-order valence-electron chi connectivity index (χ2n) is 5.43. The van der Waals surface area contributed by atoms with Gasteiger partial charge in [-0.3, -0.25) is 9.69 Å². The SMILES string of the molecule is Cc1ccc(C(=O)CN(C)Cc2ccc(C)o2)c(C)c1. The maximum atomic E-state index is 12.3. The number of rotatable bonds is 5. The predicted molar refractivity (Wildman–Crippen MR) is 80.0 cm³/mol. The topological polar surface area (TPSA) is 33.5 Å². The number of Topliss-reactive ketones (excluding diaryl/α,β-unsaturated/α-hetero) is 1. The summed E-state index contributed by atoms with van der Waals surface area (Å²) in [5.74, 6) is 1.93. The van der Waals surface area contributed by atoms with Crippen LogP contribution in [0.3, 0.4) is 0 Å². The molecule has 0 aliphatic rings. The van der Waals surface area contributed by atoms with Crippen molar-refractivity contribution < 1.29 is 9.21 Å². The first kappa shape index (κ1) is 14.5. The van der Waals surface area contributed by atoms with Gasteiger partial charge in [-0.1, -0.05) is 23.8 Å². The first-order valence-corrected chi connectivity index (χ1v) is 6.80. The number of carbonyl (C=O) groups is 1. The molecule has 0 aliphatic carbocycles. The molecule has 0 saturated carbocycles. The normalized spacial score (nSPS) is 11.1. The molecule has 0 radical (unpaired) electrons. The summed E-state index contributed by atoms with van der Waals surface area (Å²) in [5.41, 5.74) is 3.02. The standard InChI is InChI=1S/C17H21NO2/c1-12-5-8-16(13(2)9-12)17(19)11-18(4)10-15-7-6-14(3)20-15/h5-9H,10-11H2,1-4H3. The molecule has 1 heterocycles. The average Bonchev–Trinajstić information content (AvgIpc) is 2.74. The highest BCUT2D eigenvalue weighted by molar-refractivity contribution is 5.98. The Morgan fingerprint density at radius 3 is 2.50 bits per heavy atom. The monoisotopic (exact) mass is 271 g/mol. The Hall–Kier alpha value is -1.87. The minimum absolute atomic E-state index is 0.147. The summed E-state index contributed by atoms with van der Waals surface area (Å²) in [7, 11) is 1.93. The predicted octanol–water partition coefficient (Wildman–Crippen LogP) is 3.52. The Balaban J connectivity index is 2.00. The van der Waals surface area contributed by atoms with Crippen molar-refractivity contribution in [1.29, 1.82) is 0 Å². The molecule has 2 rings (SSSR count). The fourth-order valence-electron chi connectivity index (χ4n) is 2.35. The van der Waals surface area contributed by atoms with Gasteiger partial charge in [0.15, 0.2) is 5.78 Å². The van der Waals surface area contributed by atoms with Gasteiger partial charge < -0.3 is 4.42 Å². The van der Waals surface area contributed by atoms with Crippen LogP contribution in [0.4, 0.5) is 0 Å². The molecule has 1 aromatic heterocycles. The third kappa shape index (κ3) is 3.58. The van der Waals surface area contributed by atoms with Gasteiger partial charge in [0, 0.05) is 5.56 Å². The van der Waals surface area contributed by atoms with Crippen LogP contribution >= 0.6 is 0 Å². The van der Waals surface area contributed by atoms with E-state index in [4.69, 9.17) is 4.42 Å². The van der Waals surface area contributed by atoms with Gasteiger partial charge in [-0.15, -0.1) is 0 Å². The zero-order valence-electron chi connectivity index (χ0n) is 12.6. The molecule has 1 aromatic carbocycles. The minimum Gasteiger partial charge on any atom is -0.465 e. The molecular formula is C17H21NO2. The lowest BCUT2D eigenvalue weighted by atomic mass is 10.0. The smallest absolute Gasteiger partial charge is 0.177 e. The molecule has 20 heavy (non-hydrogen) atoms. The maximum Gasteiger partial charge on any atom is 0.177 e. The van der Waals surface area contributed by atoms with Gasteiger partial charge in [0.1, 0.15) is 11.5 Å². The van der Waals surface area contributed by atoms with E-state index in [0.29, 0.717) is 13.1 Å². The number of hydrogen-bond donors (Lipinski definition) is 0. The van der Waals surface area contributed by atoms with Crippen molar-refractivity contribution in [3.63, 3.8) is 0 Å². The van der Waals surface area contributed by atoms with E-state index in [1.807, 2.05) is 63.1 Å². The lowest BCUT2D eigenvalue weighted by Crippen LogP contribution is -2.25. The van der Waals surface area contributed by atoms with Gasteiger partial charge in [0.2, 0.25) is 0 Å². The van der Waals surface area contributed by atoms with Gasteiger partial charge in [-0.2, -0.15) is 0 Å². The average molecular weight is 271 g/mol.